The smallest absolute Gasteiger partial charge is 0.330 e. The van der Waals surface area contributed by atoms with Gasteiger partial charge in [0.25, 0.3) is 0 Å². The number of hydrogen-bond donors (Lipinski definition) is 0. The van der Waals surface area contributed by atoms with Crippen molar-refractivity contribution in [3.63, 3.8) is 0 Å². The Morgan fingerprint density at radius 3 is 2.44 bits per heavy atom. The fourth-order valence-corrected chi connectivity index (χ4v) is 3.26. The Kier molecular flexibility index (Phi) is 6.04. The van der Waals surface area contributed by atoms with E-state index in [-0.39, 0.29) is 11.4 Å². The molecule has 0 aromatic heterocycles. The van der Waals surface area contributed by atoms with Crippen molar-refractivity contribution in [1.29, 1.82) is 0 Å². The Hall–Kier alpha value is -1.68. The van der Waals surface area contributed by atoms with Gasteiger partial charge in [0.05, 0.1) is 5.41 Å². The van der Waals surface area contributed by atoms with Crippen LogP contribution in [-0.4, -0.2) is 30.4 Å². The molecule has 1 heterocycles. The van der Waals surface area contributed by atoms with Crippen LogP contribution in [0.3, 0.4) is 0 Å². The quantitative estimate of drug-likeness (QED) is 0.749. The largest absolute Gasteiger partial charge is 0.367 e. The second kappa shape index (κ2) is 7.69. The maximum Gasteiger partial charge on any atom is 0.330 e. The van der Waals surface area contributed by atoms with Gasteiger partial charge in [-0.1, -0.05) is 38.1 Å². The Morgan fingerprint density at radius 1 is 1.28 bits per heavy atom. The molecule has 4 nitrogen and oxygen atoms in total. The Morgan fingerprint density at radius 2 is 1.92 bits per heavy atom. The lowest BCUT2D eigenvalue weighted by Crippen LogP contribution is -2.45. The van der Waals surface area contributed by atoms with Gasteiger partial charge in [-0.25, -0.2) is 4.79 Å². The molecule has 0 bridgehead atoms. The van der Waals surface area contributed by atoms with E-state index in [4.69, 9.17) is 4.84 Å². The van der Waals surface area contributed by atoms with Crippen molar-refractivity contribution in [3.8, 4) is 0 Å². The van der Waals surface area contributed by atoms with Gasteiger partial charge in [-0.3, -0.25) is 0 Å². The number of rotatable bonds is 5. The van der Waals surface area contributed by atoms with Crippen molar-refractivity contribution in [3.05, 3.63) is 35.4 Å². The molecule has 0 saturated carbocycles. The molecule has 1 aromatic carbocycles. The maximum atomic E-state index is 12.1. The molecule has 4 heteroatoms. The Balaban J connectivity index is 2.14. The number of piperidine rings is 1. The van der Waals surface area contributed by atoms with Gasteiger partial charge in [0.1, 0.15) is 6.29 Å². The van der Waals surface area contributed by atoms with E-state index >= 15 is 0 Å². The van der Waals surface area contributed by atoms with Gasteiger partial charge in [-0.05, 0) is 50.7 Å². The second-order valence-electron chi connectivity index (χ2n) is 8.49. The number of hydroxylamine groups is 2. The molecule has 0 atom stereocenters. The monoisotopic (exact) mass is 345 g/mol. The predicted molar refractivity (Wildman–Crippen MR) is 99.2 cm³/mol. The van der Waals surface area contributed by atoms with Gasteiger partial charge in [0.2, 0.25) is 0 Å². The van der Waals surface area contributed by atoms with Gasteiger partial charge in [0.15, 0.2) is 0 Å². The minimum Gasteiger partial charge on any atom is -0.367 e. The third-order valence-electron chi connectivity index (χ3n) is 5.14. The van der Waals surface area contributed by atoms with Crippen LogP contribution in [0, 0.1) is 5.41 Å². The summed E-state index contributed by atoms with van der Waals surface area (Å²) in [7, 11) is 0. The first-order valence-corrected chi connectivity index (χ1v) is 9.19. The molecule has 138 valence electrons. The van der Waals surface area contributed by atoms with Crippen LogP contribution in [0.2, 0.25) is 0 Å². The predicted octanol–water partition coefficient (Wildman–Crippen LogP) is 4.24. The van der Waals surface area contributed by atoms with Gasteiger partial charge in [-0.15, -0.1) is 5.06 Å². The Labute approximate surface area is 151 Å². The van der Waals surface area contributed by atoms with Crippen LogP contribution < -0.4 is 0 Å². The molecule has 1 saturated heterocycles. The van der Waals surface area contributed by atoms with Crippen molar-refractivity contribution < 1.29 is 14.4 Å². The highest BCUT2D eigenvalue weighted by molar-refractivity contribution is 5.75. The number of hydrogen-bond acceptors (Lipinski definition) is 4. The van der Waals surface area contributed by atoms with Crippen molar-refractivity contribution in [2.45, 2.75) is 65.2 Å². The highest BCUT2D eigenvalue weighted by Crippen LogP contribution is 2.39. The van der Waals surface area contributed by atoms with Crippen LogP contribution in [0.1, 0.15) is 70.9 Å². The van der Waals surface area contributed by atoms with Gasteiger partial charge >= 0.3 is 5.97 Å². The van der Waals surface area contributed by atoms with Crippen LogP contribution >= 0.6 is 0 Å². The first-order valence-electron chi connectivity index (χ1n) is 9.19. The lowest BCUT2D eigenvalue weighted by molar-refractivity contribution is -0.207. The van der Waals surface area contributed by atoms with Crippen LogP contribution in [0.5, 0.6) is 0 Å². The second-order valence-corrected chi connectivity index (χ2v) is 8.49. The molecule has 0 unspecified atom stereocenters. The van der Waals surface area contributed by atoms with E-state index in [1.54, 1.807) is 5.06 Å². The molecule has 1 aromatic rings. The summed E-state index contributed by atoms with van der Waals surface area (Å²) in [6.45, 7) is 11.2. The standard InChI is InChI=1S/C21H31NO3/c1-16(2)17-7-6-8-18(15-17)21(11-14-23)9-12-22(13-10-21)25-19(24)20(3,4)5/h6-8,14-16H,9-13H2,1-5H3. The molecule has 0 radical (unpaired) electrons. The summed E-state index contributed by atoms with van der Waals surface area (Å²) >= 11 is 0. The van der Waals surface area contributed by atoms with E-state index in [2.05, 4.69) is 38.1 Å². The highest BCUT2D eigenvalue weighted by atomic mass is 16.7. The molecule has 25 heavy (non-hydrogen) atoms. The molecule has 0 amide bonds. The van der Waals surface area contributed by atoms with E-state index in [9.17, 15) is 9.59 Å². The minimum absolute atomic E-state index is 0.155. The molecule has 1 aliphatic heterocycles. The number of benzene rings is 1. The number of carbonyl (C=O) groups is 2. The van der Waals surface area contributed by atoms with Crippen LogP contribution in [0.15, 0.2) is 24.3 Å². The highest BCUT2D eigenvalue weighted by Gasteiger charge is 2.38. The summed E-state index contributed by atoms with van der Waals surface area (Å²) < 4.78 is 0. The van der Waals surface area contributed by atoms with Crippen LogP contribution in [0.25, 0.3) is 0 Å². The number of aldehydes is 1. The van der Waals surface area contributed by atoms with Crippen molar-refractivity contribution in [2.75, 3.05) is 13.1 Å². The van der Waals surface area contributed by atoms with E-state index in [1.807, 2.05) is 20.8 Å². The molecule has 1 fully saturated rings. The molecule has 2 rings (SSSR count). The zero-order chi connectivity index (χ0) is 18.7. The normalized spacial score (nSPS) is 18.2. The van der Waals surface area contributed by atoms with E-state index in [0.29, 0.717) is 25.4 Å². The summed E-state index contributed by atoms with van der Waals surface area (Å²) in [6, 6.07) is 8.60. The zero-order valence-corrected chi connectivity index (χ0v) is 16.2. The first-order chi connectivity index (χ1) is 11.7. The third-order valence-corrected chi connectivity index (χ3v) is 5.14. The first kappa shape index (κ1) is 19.6. The fourth-order valence-electron chi connectivity index (χ4n) is 3.26. The zero-order valence-electron chi connectivity index (χ0n) is 16.2. The van der Waals surface area contributed by atoms with Gasteiger partial charge in [0, 0.05) is 24.9 Å². The molecule has 0 aliphatic carbocycles. The lowest BCUT2D eigenvalue weighted by atomic mass is 9.70. The molecule has 1 aliphatic rings. The topological polar surface area (TPSA) is 46.6 Å². The average molecular weight is 345 g/mol. The SMILES string of the molecule is CC(C)c1cccc(C2(CC=O)CCN(OC(=O)C(C)(C)C)CC2)c1. The van der Waals surface area contributed by atoms with Crippen molar-refractivity contribution >= 4 is 12.3 Å². The molecule has 0 N–H and O–H groups in total. The van der Waals surface area contributed by atoms with Crippen molar-refractivity contribution in [1.82, 2.24) is 5.06 Å². The molecule has 0 spiro atoms. The summed E-state index contributed by atoms with van der Waals surface area (Å²) in [5.41, 5.74) is 1.86. The van der Waals surface area contributed by atoms with Gasteiger partial charge in [-0.2, -0.15) is 0 Å². The van der Waals surface area contributed by atoms with E-state index in [1.165, 1.54) is 11.1 Å². The average Bonchev–Trinajstić information content (AvgIpc) is 2.56. The minimum atomic E-state index is -0.511. The summed E-state index contributed by atoms with van der Waals surface area (Å²) in [6.07, 6.45) is 3.16. The number of nitrogens with zero attached hydrogens (tertiary/aromatic N) is 1. The summed E-state index contributed by atoms with van der Waals surface area (Å²) in [4.78, 5) is 29.0. The Bertz CT molecular complexity index is 608. The molecular weight excluding hydrogens is 314 g/mol. The fraction of sp³-hybridized carbons (Fsp3) is 0.619. The molecular formula is C21H31NO3. The van der Waals surface area contributed by atoms with E-state index < -0.39 is 5.41 Å². The van der Waals surface area contributed by atoms with E-state index in [0.717, 1.165) is 19.1 Å². The number of carbonyl (C=O) groups excluding carboxylic acids is 2. The third kappa shape index (κ3) is 4.69. The lowest BCUT2D eigenvalue weighted by Gasteiger charge is -2.41. The summed E-state index contributed by atoms with van der Waals surface area (Å²) in [5, 5.41) is 1.75. The van der Waals surface area contributed by atoms with Crippen LogP contribution in [-0.2, 0) is 19.8 Å². The maximum absolute atomic E-state index is 12.1. The van der Waals surface area contributed by atoms with Crippen molar-refractivity contribution in [2.24, 2.45) is 5.41 Å². The van der Waals surface area contributed by atoms with Crippen LogP contribution in [0.4, 0.5) is 0 Å². The summed E-state index contributed by atoms with van der Waals surface area (Å²) in [5.74, 6) is 0.248. The van der Waals surface area contributed by atoms with Gasteiger partial charge < -0.3 is 9.63 Å².